The molecule has 2 heterocycles. The molecule has 16 heavy (non-hydrogen) atoms. The number of nitrogens with two attached hydrogens (primary N) is 1. The van der Waals surface area contributed by atoms with Gasteiger partial charge >= 0.3 is 0 Å². The predicted octanol–water partition coefficient (Wildman–Crippen LogP) is 0.786. The molecule has 0 atom stereocenters. The first-order valence-corrected chi connectivity index (χ1v) is 6.01. The van der Waals surface area contributed by atoms with Crippen LogP contribution in [0.25, 0.3) is 0 Å². The van der Waals surface area contributed by atoms with Gasteiger partial charge in [-0.15, -0.1) is 15.3 Å². The smallest absolute Gasteiger partial charge is 0.271 e. The van der Waals surface area contributed by atoms with Crippen molar-refractivity contribution in [2.75, 3.05) is 11.1 Å². The molecule has 7 nitrogen and oxygen atoms in total. The molecule has 2 aromatic rings. The molecule has 2 aromatic heterocycles. The summed E-state index contributed by atoms with van der Waals surface area (Å²) in [4.78, 5) is 12.3. The molecule has 9 heteroatoms. The highest BCUT2D eigenvalue weighted by Crippen LogP contribution is 2.19. The van der Waals surface area contributed by atoms with Crippen LogP contribution in [-0.4, -0.2) is 25.7 Å². The Balaban J connectivity index is 2.14. The maximum Gasteiger partial charge on any atom is 0.271 e. The summed E-state index contributed by atoms with van der Waals surface area (Å²) in [5.41, 5.74) is 6.08. The molecule has 3 N–H and O–H groups in total. The van der Waals surface area contributed by atoms with E-state index in [1.54, 1.807) is 0 Å². The van der Waals surface area contributed by atoms with Gasteiger partial charge in [0.25, 0.3) is 5.91 Å². The zero-order valence-corrected chi connectivity index (χ0v) is 9.93. The van der Waals surface area contributed by atoms with E-state index >= 15 is 0 Å². The third kappa shape index (κ3) is 2.14. The molecule has 0 aliphatic rings. The standard InChI is InChI=1S/C7H8N6OS2/c1-2-3-4(16-13-10-3)5(14)9-7-12-11-6(8)15-7/h2H2,1H3,(H2,8,11)(H,9,12,14). The first kappa shape index (κ1) is 10.9. The molecule has 0 fully saturated rings. The lowest BCUT2D eigenvalue weighted by Gasteiger charge is -1.97. The molecule has 0 bridgehead atoms. The van der Waals surface area contributed by atoms with Crippen LogP contribution >= 0.6 is 22.9 Å². The summed E-state index contributed by atoms with van der Waals surface area (Å²) < 4.78 is 3.73. The lowest BCUT2D eigenvalue weighted by atomic mass is 10.3. The molecule has 0 radical (unpaired) electrons. The van der Waals surface area contributed by atoms with Crippen LogP contribution in [0.2, 0.25) is 0 Å². The van der Waals surface area contributed by atoms with E-state index in [9.17, 15) is 4.79 Å². The number of nitrogen functional groups attached to an aromatic ring is 1. The number of carbonyl (C=O) groups excluding carboxylic acids is 1. The number of nitrogens with zero attached hydrogens (tertiary/aromatic N) is 4. The Morgan fingerprint density at radius 3 is 2.88 bits per heavy atom. The van der Waals surface area contributed by atoms with Crippen LogP contribution < -0.4 is 11.1 Å². The first-order chi connectivity index (χ1) is 7.70. The fraction of sp³-hybridized carbons (Fsp3) is 0.286. The van der Waals surface area contributed by atoms with Gasteiger partial charge in [0.2, 0.25) is 10.3 Å². The van der Waals surface area contributed by atoms with Crippen LogP contribution in [-0.2, 0) is 6.42 Å². The molecule has 0 unspecified atom stereocenters. The Hall–Kier alpha value is -1.61. The molecular weight excluding hydrogens is 248 g/mol. The topological polar surface area (TPSA) is 107 Å². The van der Waals surface area contributed by atoms with E-state index < -0.39 is 0 Å². The van der Waals surface area contributed by atoms with E-state index in [0.717, 1.165) is 22.9 Å². The van der Waals surface area contributed by atoms with Gasteiger partial charge < -0.3 is 5.73 Å². The van der Waals surface area contributed by atoms with E-state index in [2.05, 4.69) is 25.1 Å². The summed E-state index contributed by atoms with van der Waals surface area (Å²) >= 11 is 2.17. The van der Waals surface area contributed by atoms with Gasteiger partial charge in [0.15, 0.2) is 0 Å². The van der Waals surface area contributed by atoms with Gasteiger partial charge in [0.1, 0.15) is 4.88 Å². The summed E-state index contributed by atoms with van der Waals surface area (Å²) in [5.74, 6) is -0.275. The van der Waals surface area contributed by atoms with Gasteiger partial charge in [-0.05, 0) is 18.0 Å². The molecule has 0 spiro atoms. The van der Waals surface area contributed by atoms with E-state index in [1.165, 1.54) is 0 Å². The minimum atomic E-state index is -0.275. The summed E-state index contributed by atoms with van der Waals surface area (Å²) in [5, 5.41) is 14.4. The first-order valence-electron chi connectivity index (χ1n) is 4.42. The molecule has 84 valence electrons. The Labute approximate surface area is 98.9 Å². The second-order valence-corrected chi connectivity index (χ2v) is 4.57. The Kier molecular flexibility index (Phi) is 3.06. The largest absolute Gasteiger partial charge is 0.374 e. The van der Waals surface area contributed by atoms with Crippen LogP contribution in [0.3, 0.4) is 0 Å². The van der Waals surface area contributed by atoms with Crippen LogP contribution in [0.15, 0.2) is 0 Å². The number of hydrogen-bond acceptors (Lipinski definition) is 8. The second-order valence-electron chi connectivity index (χ2n) is 2.80. The van der Waals surface area contributed by atoms with Crippen LogP contribution in [0.5, 0.6) is 0 Å². The number of aromatic nitrogens is 4. The van der Waals surface area contributed by atoms with Crippen LogP contribution in [0, 0.1) is 0 Å². The van der Waals surface area contributed by atoms with Crippen molar-refractivity contribution in [3.63, 3.8) is 0 Å². The molecular formula is C7H8N6OS2. The average molecular weight is 256 g/mol. The molecule has 0 aliphatic heterocycles. The average Bonchev–Trinajstić information content (AvgIpc) is 2.86. The minimum Gasteiger partial charge on any atom is -0.374 e. The van der Waals surface area contributed by atoms with Crippen LogP contribution in [0.1, 0.15) is 22.3 Å². The lowest BCUT2D eigenvalue weighted by molar-refractivity contribution is 0.102. The summed E-state index contributed by atoms with van der Waals surface area (Å²) in [6, 6.07) is 0. The van der Waals surface area contributed by atoms with Crippen molar-refractivity contribution >= 4 is 39.0 Å². The maximum absolute atomic E-state index is 11.8. The van der Waals surface area contributed by atoms with Gasteiger partial charge in [0.05, 0.1) is 5.69 Å². The van der Waals surface area contributed by atoms with Crippen molar-refractivity contribution in [2.45, 2.75) is 13.3 Å². The summed E-state index contributed by atoms with van der Waals surface area (Å²) in [7, 11) is 0. The SMILES string of the molecule is CCc1nnsc1C(=O)Nc1nnc(N)s1. The monoisotopic (exact) mass is 256 g/mol. The van der Waals surface area contributed by atoms with Crippen molar-refractivity contribution in [1.82, 2.24) is 19.8 Å². The van der Waals surface area contributed by atoms with Gasteiger partial charge in [-0.3, -0.25) is 10.1 Å². The summed E-state index contributed by atoms with van der Waals surface area (Å²) in [6.45, 7) is 1.91. The predicted molar refractivity (Wildman–Crippen MR) is 61.6 cm³/mol. The lowest BCUT2D eigenvalue weighted by Crippen LogP contribution is -2.12. The highest BCUT2D eigenvalue weighted by molar-refractivity contribution is 7.19. The normalized spacial score (nSPS) is 10.3. The van der Waals surface area contributed by atoms with E-state index in [0.29, 0.717) is 27.3 Å². The zero-order valence-electron chi connectivity index (χ0n) is 8.30. The van der Waals surface area contributed by atoms with Gasteiger partial charge in [-0.2, -0.15) is 0 Å². The molecule has 1 amide bonds. The van der Waals surface area contributed by atoms with Gasteiger partial charge in [-0.1, -0.05) is 22.7 Å². The maximum atomic E-state index is 11.8. The van der Waals surface area contributed by atoms with Gasteiger partial charge in [-0.25, -0.2) is 0 Å². The van der Waals surface area contributed by atoms with E-state index in [1.807, 2.05) is 6.92 Å². The number of anilines is 2. The molecule has 0 aliphatic carbocycles. The fourth-order valence-corrected chi connectivity index (χ4v) is 2.20. The third-order valence-corrected chi connectivity index (χ3v) is 3.19. The van der Waals surface area contributed by atoms with Crippen molar-refractivity contribution in [3.8, 4) is 0 Å². The Bertz CT molecular complexity index is 506. The number of carbonyl (C=O) groups is 1. The Morgan fingerprint density at radius 2 is 2.25 bits per heavy atom. The van der Waals surface area contributed by atoms with Gasteiger partial charge in [0, 0.05) is 0 Å². The number of aryl methyl sites for hydroxylation is 1. The van der Waals surface area contributed by atoms with Crippen molar-refractivity contribution in [1.29, 1.82) is 0 Å². The number of rotatable bonds is 3. The molecule has 0 aromatic carbocycles. The van der Waals surface area contributed by atoms with E-state index in [-0.39, 0.29) is 5.91 Å². The molecule has 0 saturated carbocycles. The summed E-state index contributed by atoms with van der Waals surface area (Å²) in [6.07, 6.45) is 0.664. The fourth-order valence-electron chi connectivity index (χ4n) is 1.05. The highest BCUT2D eigenvalue weighted by atomic mass is 32.1. The second kappa shape index (κ2) is 4.49. The number of hydrogen-bond donors (Lipinski definition) is 2. The van der Waals surface area contributed by atoms with Crippen molar-refractivity contribution in [3.05, 3.63) is 10.6 Å². The minimum absolute atomic E-state index is 0.275. The Morgan fingerprint density at radius 1 is 1.44 bits per heavy atom. The molecule has 2 rings (SSSR count). The van der Waals surface area contributed by atoms with Crippen molar-refractivity contribution in [2.24, 2.45) is 0 Å². The molecule has 0 saturated heterocycles. The van der Waals surface area contributed by atoms with Crippen molar-refractivity contribution < 1.29 is 4.79 Å². The number of nitrogens with one attached hydrogen (secondary N) is 1. The highest BCUT2D eigenvalue weighted by Gasteiger charge is 2.16. The zero-order chi connectivity index (χ0) is 11.5. The third-order valence-electron chi connectivity index (χ3n) is 1.76. The van der Waals surface area contributed by atoms with E-state index in [4.69, 9.17) is 5.73 Å². The van der Waals surface area contributed by atoms with Crippen LogP contribution in [0.4, 0.5) is 10.3 Å². The quantitative estimate of drug-likeness (QED) is 0.840. The number of amides is 1.